The van der Waals surface area contributed by atoms with Gasteiger partial charge in [-0.05, 0) is 20.8 Å². The fraction of sp³-hybridized carbons (Fsp3) is 0.889. The van der Waals surface area contributed by atoms with Crippen LogP contribution in [0.5, 0.6) is 0 Å². The molecule has 0 amide bonds. The van der Waals surface area contributed by atoms with Gasteiger partial charge in [0.15, 0.2) is 0 Å². The van der Waals surface area contributed by atoms with Crippen molar-refractivity contribution in [1.29, 1.82) is 0 Å². The molecule has 0 radical (unpaired) electrons. The molecule has 0 spiro atoms. The molecule has 1 aliphatic heterocycles. The normalized spacial score (nSPS) is 26.8. The summed E-state index contributed by atoms with van der Waals surface area (Å²) in [6.45, 7) is 7.89. The maximum Gasteiger partial charge on any atom is 0.324 e. The average Bonchev–Trinajstić information content (AvgIpc) is 2.04. The Bertz CT molecular complexity index is 182. The number of hydrogen-bond donors (Lipinski definition) is 2. The zero-order valence-corrected chi connectivity index (χ0v) is 8.52. The zero-order chi connectivity index (χ0) is 9.90. The molecular weight excluding hydrogens is 168 g/mol. The summed E-state index contributed by atoms with van der Waals surface area (Å²) in [6.07, 6.45) is 0. The van der Waals surface area contributed by atoms with E-state index in [1.807, 2.05) is 6.92 Å². The van der Waals surface area contributed by atoms with Gasteiger partial charge in [0.25, 0.3) is 0 Å². The van der Waals surface area contributed by atoms with Gasteiger partial charge in [0.2, 0.25) is 0 Å². The first-order valence-corrected chi connectivity index (χ1v) is 4.70. The van der Waals surface area contributed by atoms with Crippen LogP contribution in [-0.2, 0) is 9.53 Å². The third-order valence-corrected chi connectivity index (χ3v) is 2.15. The van der Waals surface area contributed by atoms with E-state index in [0.29, 0.717) is 13.2 Å². The highest BCUT2D eigenvalue weighted by Crippen LogP contribution is 2.06. The van der Waals surface area contributed by atoms with Crippen LogP contribution in [0, 0.1) is 0 Å². The maximum absolute atomic E-state index is 11.3. The second-order valence-corrected chi connectivity index (χ2v) is 3.95. The molecule has 0 aromatic rings. The molecule has 1 fully saturated rings. The summed E-state index contributed by atoms with van der Waals surface area (Å²) in [5, 5.41) is 6.44. The topological polar surface area (TPSA) is 50.4 Å². The molecule has 4 nitrogen and oxygen atoms in total. The molecule has 1 atom stereocenters. The van der Waals surface area contributed by atoms with Gasteiger partial charge >= 0.3 is 5.97 Å². The molecule has 0 saturated carbocycles. The SMILES string of the molecule is CCOC(=O)[C@@H]1CNC(C)(C)CN1. The van der Waals surface area contributed by atoms with Crippen molar-refractivity contribution in [1.82, 2.24) is 10.6 Å². The van der Waals surface area contributed by atoms with Crippen LogP contribution in [0.1, 0.15) is 20.8 Å². The van der Waals surface area contributed by atoms with Gasteiger partial charge in [0.05, 0.1) is 6.61 Å². The van der Waals surface area contributed by atoms with Crippen LogP contribution in [0.3, 0.4) is 0 Å². The Morgan fingerprint density at radius 2 is 2.31 bits per heavy atom. The zero-order valence-electron chi connectivity index (χ0n) is 8.52. The van der Waals surface area contributed by atoms with E-state index in [-0.39, 0.29) is 17.6 Å². The van der Waals surface area contributed by atoms with Gasteiger partial charge < -0.3 is 15.4 Å². The van der Waals surface area contributed by atoms with Crippen molar-refractivity contribution in [3.05, 3.63) is 0 Å². The first-order valence-electron chi connectivity index (χ1n) is 4.70. The van der Waals surface area contributed by atoms with Crippen LogP contribution < -0.4 is 10.6 Å². The maximum atomic E-state index is 11.3. The minimum Gasteiger partial charge on any atom is -0.465 e. The van der Waals surface area contributed by atoms with E-state index in [0.717, 1.165) is 6.54 Å². The minimum atomic E-state index is -0.187. The van der Waals surface area contributed by atoms with E-state index in [4.69, 9.17) is 4.74 Å². The predicted octanol–water partition coefficient (Wildman–Crippen LogP) is -0.110. The summed E-state index contributed by atoms with van der Waals surface area (Å²) in [5.41, 5.74) is 0.0724. The molecule has 4 heteroatoms. The Kier molecular flexibility index (Phi) is 3.27. The van der Waals surface area contributed by atoms with E-state index in [1.54, 1.807) is 0 Å². The van der Waals surface area contributed by atoms with Crippen molar-refractivity contribution in [3.63, 3.8) is 0 Å². The van der Waals surface area contributed by atoms with Crippen LogP contribution >= 0.6 is 0 Å². The molecular formula is C9H18N2O2. The standard InChI is InChI=1S/C9H18N2O2/c1-4-13-8(12)7-5-11-9(2,3)6-10-7/h7,10-11H,4-6H2,1-3H3/t7-/m0/s1. The molecule has 1 heterocycles. The molecule has 0 unspecified atom stereocenters. The number of carbonyl (C=O) groups is 1. The number of esters is 1. The van der Waals surface area contributed by atoms with Gasteiger partial charge in [0, 0.05) is 18.6 Å². The monoisotopic (exact) mass is 186 g/mol. The van der Waals surface area contributed by atoms with Crippen molar-refractivity contribution >= 4 is 5.97 Å². The first-order chi connectivity index (χ1) is 6.05. The van der Waals surface area contributed by atoms with E-state index in [2.05, 4.69) is 24.5 Å². The average molecular weight is 186 g/mol. The second-order valence-electron chi connectivity index (χ2n) is 3.95. The molecule has 1 aliphatic rings. The molecule has 2 N–H and O–H groups in total. The Balaban J connectivity index is 2.36. The lowest BCUT2D eigenvalue weighted by atomic mass is 10.0. The summed E-state index contributed by atoms with van der Waals surface area (Å²) in [5.74, 6) is -0.162. The van der Waals surface area contributed by atoms with Crippen molar-refractivity contribution in [3.8, 4) is 0 Å². The number of rotatable bonds is 2. The van der Waals surface area contributed by atoms with Gasteiger partial charge in [-0.15, -0.1) is 0 Å². The molecule has 0 bridgehead atoms. The Hall–Kier alpha value is -0.610. The number of carbonyl (C=O) groups excluding carboxylic acids is 1. The Labute approximate surface area is 79.0 Å². The highest BCUT2D eigenvalue weighted by molar-refractivity contribution is 5.76. The van der Waals surface area contributed by atoms with Crippen molar-refractivity contribution in [2.45, 2.75) is 32.4 Å². The number of piperazine rings is 1. The van der Waals surface area contributed by atoms with Crippen molar-refractivity contribution in [2.24, 2.45) is 0 Å². The Morgan fingerprint density at radius 3 is 2.77 bits per heavy atom. The molecule has 13 heavy (non-hydrogen) atoms. The minimum absolute atomic E-state index is 0.0724. The van der Waals surface area contributed by atoms with E-state index >= 15 is 0 Å². The first kappa shape index (κ1) is 10.5. The summed E-state index contributed by atoms with van der Waals surface area (Å²) in [4.78, 5) is 11.3. The molecule has 76 valence electrons. The van der Waals surface area contributed by atoms with E-state index in [9.17, 15) is 4.79 Å². The largest absolute Gasteiger partial charge is 0.465 e. The lowest BCUT2D eigenvalue weighted by Crippen LogP contribution is -2.62. The third-order valence-electron chi connectivity index (χ3n) is 2.15. The number of ether oxygens (including phenoxy) is 1. The van der Waals surface area contributed by atoms with Crippen LogP contribution in [0.25, 0.3) is 0 Å². The highest BCUT2D eigenvalue weighted by atomic mass is 16.5. The van der Waals surface area contributed by atoms with Gasteiger partial charge in [-0.1, -0.05) is 0 Å². The third kappa shape index (κ3) is 2.97. The Morgan fingerprint density at radius 1 is 1.62 bits per heavy atom. The molecule has 0 aliphatic carbocycles. The summed E-state index contributed by atoms with van der Waals surface area (Å²) in [6, 6.07) is -0.187. The van der Waals surface area contributed by atoms with Crippen LogP contribution in [0.2, 0.25) is 0 Å². The van der Waals surface area contributed by atoms with E-state index < -0.39 is 0 Å². The molecule has 1 saturated heterocycles. The van der Waals surface area contributed by atoms with Crippen molar-refractivity contribution in [2.75, 3.05) is 19.7 Å². The summed E-state index contributed by atoms with van der Waals surface area (Å²) >= 11 is 0. The molecule has 0 aromatic carbocycles. The second kappa shape index (κ2) is 4.07. The van der Waals surface area contributed by atoms with Gasteiger partial charge in [-0.25, -0.2) is 0 Å². The highest BCUT2D eigenvalue weighted by Gasteiger charge is 2.29. The van der Waals surface area contributed by atoms with E-state index in [1.165, 1.54) is 0 Å². The fourth-order valence-electron chi connectivity index (χ4n) is 1.30. The number of nitrogens with one attached hydrogen (secondary N) is 2. The van der Waals surface area contributed by atoms with Crippen LogP contribution in [0.15, 0.2) is 0 Å². The summed E-state index contributed by atoms with van der Waals surface area (Å²) < 4.78 is 4.91. The van der Waals surface area contributed by atoms with Crippen LogP contribution in [0.4, 0.5) is 0 Å². The lowest BCUT2D eigenvalue weighted by Gasteiger charge is -2.35. The molecule has 0 aromatic heterocycles. The van der Waals surface area contributed by atoms with Crippen molar-refractivity contribution < 1.29 is 9.53 Å². The van der Waals surface area contributed by atoms with Gasteiger partial charge in [-0.2, -0.15) is 0 Å². The summed E-state index contributed by atoms with van der Waals surface area (Å²) in [7, 11) is 0. The van der Waals surface area contributed by atoms with Crippen LogP contribution in [-0.4, -0.2) is 37.2 Å². The fourth-order valence-corrected chi connectivity index (χ4v) is 1.30. The number of hydrogen-bond acceptors (Lipinski definition) is 4. The van der Waals surface area contributed by atoms with Gasteiger partial charge in [0.1, 0.15) is 6.04 Å². The smallest absolute Gasteiger partial charge is 0.324 e. The predicted molar refractivity (Wildman–Crippen MR) is 50.5 cm³/mol. The molecule has 1 rings (SSSR count). The lowest BCUT2D eigenvalue weighted by molar-refractivity contribution is -0.146. The quantitative estimate of drug-likeness (QED) is 0.591. The van der Waals surface area contributed by atoms with Gasteiger partial charge in [-0.3, -0.25) is 4.79 Å².